The fourth-order valence-electron chi connectivity index (χ4n) is 2.39. The maximum atomic E-state index is 12.1. The van der Waals surface area contributed by atoms with Gasteiger partial charge in [0.25, 0.3) is 5.91 Å². The summed E-state index contributed by atoms with van der Waals surface area (Å²) in [6.45, 7) is 3.20. The monoisotopic (exact) mass is 392 g/mol. The van der Waals surface area contributed by atoms with Crippen LogP contribution in [0.3, 0.4) is 0 Å². The molecular formula is C20H25ClN2O4. The van der Waals surface area contributed by atoms with Crippen molar-refractivity contribution in [2.24, 2.45) is 0 Å². The lowest BCUT2D eigenvalue weighted by molar-refractivity contribution is -0.118. The van der Waals surface area contributed by atoms with Gasteiger partial charge in [-0.05, 0) is 43.7 Å². The van der Waals surface area contributed by atoms with Gasteiger partial charge in [0.2, 0.25) is 0 Å². The summed E-state index contributed by atoms with van der Waals surface area (Å²) in [6.07, 6.45) is 0.673. The number of nitrogens with one attached hydrogen (secondary N) is 2. The average molecular weight is 393 g/mol. The minimum absolute atomic E-state index is 0.140. The lowest BCUT2D eigenvalue weighted by Gasteiger charge is -2.14. The smallest absolute Gasteiger partial charge is 0.262 e. The van der Waals surface area contributed by atoms with Crippen molar-refractivity contribution in [1.29, 1.82) is 0 Å². The van der Waals surface area contributed by atoms with Gasteiger partial charge in [-0.3, -0.25) is 4.79 Å². The summed E-state index contributed by atoms with van der Waals surface area (Å²) in [5.41, 5.74) is 2.68. The van der Waals surface area contributed by atoms with Crippen molar-refractivity contribution in [3.63, 3.8) is 0 Å². The van der Waals surface area contributed by atoms with Gasteiger partial charge in [-0.2, -0.15) is 0 Å². The van der Waals surface area contributed by atoms with Crippen molar-refractivity contribution >= 4 is 23.2 Å². The first-order chi connectivity index (χ1) is 13.0. The van der Waals surface area contributed by atoms with Crippen molar-refractivity contribution in [2.45, 2.75) is 19.9 Å². The van der Waals surface area contributed by atoms with E-state index >= 15 is 0 Å². The lowest BCUT2D eigenvalue weighted by Crippen LogP contribution is -2.20. The third-order valence-corrected chi connectivity index (χ3v) is 4.21. The Hall–Kier alpha value is -2.28. The Morgan fingerprint density at radius 2 is 1.93 bits per heavy atom. The van der Waals surface area contributed by atoms with Crippen molar-refractivity contribution < 1.29 is 19.4 Å². The van der Waals surface area contributed by atoms with Gasteiger partial charge in [0.15, 0.2) is 18.1 Å². The molecule has 1 amide bonds. The van der Waals surface area contributed by atoms with Crippen LogP contribution in [0.4, 0.5) is 5.69 Å². The molecule has 2 aromatic rings. The van der Waals surface area contributed by atoms with Crippen LogP contribution in [0, 0.1) is 6.92 Å². The van der Waals surface area contributed by atoms with Gasteiger partial charge in [0.1, 0.15) is 0 Å². The maximum Gasteiger partial charge on any atom is 0.262 e. The molecule has 0 aliphatic rings. The number of benzene rings is 2. The molecule has 27 heavy (non-hydrogen) atoms. The fraction of sp³-hybridized carbons (Fsp3) is 0.350. The summed E-state index contributed by atoms with van der Waals surface area (Å²) in [4.78, 5) is 12.1. The molecule has 0 unspecified atom stereocenters. The van der Waals surface area contributed by atoms with Crippen LogP contribution in [-0.2, 0) is 11.3 Å². The number of aliphatic hydroxyl groups excluding tert-OH is 1. The predicted octanol–water partition coefficient (Wildman–Crippen LogP) is 3.15. The second-order valence-electron chi connectivity index (χ2n) is 6.05. The maximum absolute atomic E-state index is 12.1. The number of methoxy groups -OCH3 is 1. The number of halogens is 1. The summed E-state index contributed by atoms with van der Waals surface area (Å²) in [5, 5.41) is 15.3. The summed E-state index contributed by atoms with van der Waals surface area (Å²) >= 11 is 6.31. The molecular weight excluding hydrogens is 368 g/mol. The number of amides is 1. The van der Waals surface area contributed by atoms with E-state index < -0.39 is 0 Å². The third-order valence-electron chi connectivity index (χ3n) is 3.85. The molecule has 0 bridgehead atoms. The Morgan fingerprint density at radius 1 is 1.19 bits per heavy atom. The van der Waals surface area contributed by atoms with E-state index in [2.05, 4.69) is 10.6 Å². The molecule has 3 N–H and O–H groups in total. The highest BCUT2D eigenvalue weighted by atomic mass is 35.5. The number of rotatable bonds is 10. The zero-order valence-corrected chi connectivity index (χ0v) is 16.3. The minimum atomic E-state index is -0.272. The van der Waals surface area contributed by atoms with Crippen LogP contribution < -0.4 is 20.1 Å². The number of hydrogen-bond acceptors (Lipinski definition) is 5. The molecule has 0 saturated carbocycles. The largest absolute Gasteiger partial charge is 0.493 e. The molecule has 0 aliphatic carbocycles. The predicted molar refractivity (Wildman–Crippen MR) is 107 cm³/mol. The number of anilines is 1. The number of hydrogen-bond donors (Lipinski definition) is 3. The highest BCUT2D eigenvalue weighted by Gasteiger charge is 2.12. The molecule has 0 aliphatic heterocycles. The summed E-state index contributed by atoms with van der Waals surface area (Å²) in [5.74, 6) is 0.633. The first-order valence-corrected chi connectivity index (χ1v) is 9.08. The van der Waals surface area contributed by atoms with E-state index in [1.54, 1.807) is 12.1 Å². The van der Waals surface area contributed by atoms with Crippen LogP contribution in [-0.4, -0.2) is 37.9 Å². The first kappa shape index (κ1) is 21.0. The summed E-state index contributed by atoms with van der Waals surface area (Å²) < 4.78 is 10.9. The van der Waals surface area contributed by atoms with Gasteiger partial charge >= 0.3 is 0 Å². The summed E-state index contributed by atoms with van der Waals surface area (Å²) in [6, 6.07) is 10.9. The van der Waals surface area contributed by atoms with E-state index in [1.165, 1.54) is 7.11 Å². The van der Waals surface area contributed by atoms with Gasteiger partial charge in [-0.1, -0.05) is 29.3 Å². The molecule has 146 valence electrons. The van der Waals surface area contributed by atoms with Crippen LogP contribution in [0.1, 0.15) is 17.5 Å². The number of aryl methyl sites for hydroxylation is 1. The Bertz CT molecular complexity index is 750. The standard InChI is InChI=1S/C20H25ClN2O4/c1-14-4-6-16(7-5-14)23-20(25)13-27-19-11-17(21)15(10-18(19)26-2)12-22-8-3-9-24/h4-7,10-11,22,24H,3,8-9,12-13H2,1-2H3,(H,23,25). The molecule has 0 atom stereocenters. The molecule has 2 aromatic carbocycles. The van der Waals surface area contributed by atoms with E-state index in [9.17, 15) is 4.79 Å². The van der Waals surface area contributed by atoms with Crippen molar-refractivity contribution in [3.05, 3.63) is 52.5 Å². The molecule has 0 radical (unpaired) electrons. The Kier molecular flexibility index (Phi) is 8.39. The van der Waals surface area contributed by atoms with E-state index in [4.69, 9.17) is 26.2 Å². The van der Waals surface area contributed by atoms with E-state index in [0.717, 1.165) is 11.1 Å². The number of ether oxygens (including phenoxy) is 2. The van der Waals surface area contributed by atoms with Gasteiger partial charge < -0.3 is 25.2 Å². The molecule has 7 heteroatoms. The zero-order chi connectivity index (χ0) is 19.6. The molecule has 0 spiro atoms. The topological polar surface area (TPSA) is 79.8 Å². The van der Waals surface area contributed by atoms with Crippen molar-refractivity contribution in [1.82, 2.24) is 5.32 Å². The quantitative estimate of drug-likeness (QED) is 0.541. The molecule has 6 nitrogen and oxygen atoms in total. The fourth-order valence-corrected chi connectivity index (χ4v) is 2.61. The van der Waals surface area contributed by atoms with Gasteiger partial charge in [0, 0.05) is 29.9 Å². The molecule has 0 fully saturated rings. The van der Waals surface area contributed by atoms with Crippen LogP contribution >= 0.6 is 11.6 Å². The number of aliphatic hydroxyl groups is 1. The SMILES string of the molecule is COc1cc(CNCCCO)c(Cl)cc1OCC(=O)Nc1ccc(C)cc1. The van der Waals surface area contributed by atoms with Crippen molar-refractivity contribution in [2.75, 3.05) is 32.2 Å². The first-order valence-electron chi connectivity index (χ1n) is 8.70. The molecule has 2 rings (SSSR count). The minimum Gasteiger partial charge on any atom is -0.493 e. The number of carbonyl (C=O) groups excluding carboxylic acids is 1. The van der Waals surface area contributed by atoms with E-state index in [0.29, 0.717) is 41.7 Å². The van der Waals surface area contributed by atoms with Gasteiger partial charge in [0.05, 0.1) is 7.11 Å². The Morgan fingerprint density at radius 3 is 2.59 bits per heavy atom. The molecule has 0 aromatic heterocycles. The number of carbonyl (C=O) groups is 1. The highest BCUT2D eigenvalue weighted by Crippen LogP contribution is 2.33. The van der Waals surface area contributed by atoms with Crippen LogP contribution in [0.5, 0.6) is 11.5 Å². The average Bonchev–Trinajstić information content (AvgIpc) is 2.66. The van der Waals surface area contributed by atoms with Crippen LogP contribution in [0.25, 0.3) is 0 Å². The highest BCUT2D eigenvalue weighted by molar-refractivity contribution is 6.31. The summed E-state index contributed by atoms with van der Waals surface area (Å²) in [7, 11) is 1.53. The third kappa shape index (κ3) is 6.75. The van der Waals surface area contributed by atoms with E-state index in [1.807, 2.05) is 31.2 Å². The molecule has 0 heterocycles. The van der Waals surface area contributed by atoms with Crippen LogP contribution in [0.15, 0.2) is 36.4 Å². The Labute approximate surface area is 164 Å². The van der Waals surface area contributed by atoms with Gasteiger partial charge in [-0.25, -0.2) is 0 Å². The Balaban J connectivity index is 1.95. The van der Waals surface area contributed by atoms with Crippen molar-refractivity contribution in [3.8, 4) is 11.5 Å². The second kappa shape index (κ2) is 10.8. The molecule has 0 saturated heterocycles. The zero-order valence-electron chi connectivity index (χ0n) is 15.5. The van der Waals surface area contributed by atoms with E-state index in [-0.39, 0.29) is 19.1 Å². The second-order valence-corrected chi connectivity index (χ2v) is 6.46. The normalized spacial score (nSPS) is 10.5. The lowest BCUT2D eigenvalue weighted by atomic mass is 10.2. The van der Waals surface area contributed by atoms with Crippen LogP contribution in [0.2, 0.25) is 5.02 Å². The van der Waals surface area contributed by atoms with Gasteiger partial charge in [-0.15, -0.1) is 0 Å².